The van der Waals surface area contributed by atoms with E-state index in [1.165, 1.54) is 5.56 Å². The van der Waals surface area contributed by atoms with Crippen LogP contribution in [0.3, 0.4) is 0 Å². The van der Waals surface area contributed by atoms with Crippen molar-refractivity contribution in [1.29, 1.82) is 0 Å². The molecule has 146 valence electrons. The van der Waals surface area contributed by atoms with Crippen molar-refractivity contribution < 1.29 is 0 Å². The number of hydrogen-bond acceptors (Lipinski definition) is 4. The van der Waals surface area contributed by atoms with Crippen LogP contribution in [0.15, 0.2) is 54.9 Å². The number of anilines is 1. The summed E-state index contributed by atoms with van der Waals surface area (Å²) < 4.78 is 1.86. The Hall–Kier alpha value is -1.79. The second-order valence-electron chi connectivity index (χ2n) is 6.82. The van der Waals surface area contributed by atoms with E-state index in [-0.39, 0.29) is 6.04 Å². The first kappa shape index (κ1) is 19.5. The molecule has 3 aromatic rings. The van der Waals surface area contributed by atoms with Gasteiger partial charge in [0.1, 0.15) is 0 Å². The van der Waals surface area contributed by atoms with E-state index in [0.29, 0.717) is 10.0 Å². The van der Waals surface area contributed by atoms with Gasteiger partial charge in [0.15, 0.2) is 0 Å². The molecule has 1 aliphatic rings. The van der Waals surface area contributed by atoms with Gasteiger partial charge in [-0.2, -0.15) is 0 Å². The molecule has 4 rings (SSSR count). The van der Waals surface area contributed by atoms with Gasteiger partial charge in [0.25, 0.3) is 0 Å². The van der Waals surface area contributed by atoms with Gasteiger partial charge in [-0.3, -0.25) is 9.58 Å². The van der Waals surface area contributed by atoms with Crippen LogP contribution in [0.5, 0.6) is 0 Å². The molecular formula is C20H20Cl3N5. The van der Waals surface area contributed by atoms with Gasteiger partial charge >= 0.3 is 0 Å². The van der Waals surface area contributed by atoms with Crippen LogP contribution < -0.4 is 4.90 Å². The number of rotatable bonds is 5. The Morgan fingerprint density at radius 3 is 2.43 bits per heavy atom. The van der Waals surface area contributed by atoms with Crippen LogP contribution in [-0.2, 0) is 6.54 Å². The summed E-state index contributed by atoms with van der Waals surface area (Å²) in [5.41, 5.74) is 2.21. The zero-order valence-corrected chi connectivity index (χ0v) is 17.4. The minimum atomic E-state index is 0.167. The number of halogens is 3. The fraction of sp³-hybridized carbons (Fsp3) is 0.300. The molecule has 0 spiro atoms. The van der Waals surface area contributed by atoms with Crippen molar-refractivity contribution in [2.45, 2.75) is 12.6 Å². The zero-order valence-electron chi connectivity index (χ0n) is 15.2. The van der Waals surface area contributed by atoms with Crippen LogP contribution in [0.4, 0.5) is 5.69 Å². The van der Waals surface area contributed by atoms with Gasteiger partial charge in [0.05, 0.1) is 29.5 Å². The maximum atomic E-state index is 6.53. The molecule has 0 amide bonds. The Morgan fingerprint density at radius 2 is 1.71 bits per heavy atom. The average molecular weight is 437 g/mol. The maximum absolute atomic E-state index is 6.53. The molecule has 2 heterocycles. The maximum Gasteiger partial charge on any atom is 0.0692 e. The Labute approximate surface area is 179 Å². The summed E-state index contributed by atoms with van der Waals surface area (Å²) in [6.07, 6.45) is 3.59. The molecule has 2 aromatic carbocycles. The highest BCUT2D eigenvalue weighted by molar-refractivity contribution is 6.36. The third-order valence-corrected chi connectivity index (χ3v) is 5.85. The molecule has 5 nitrogen and oxygen atoms in total. The van der Waals surface area contributed by atoms with Gasteiger partial charge in [-0.15, -0.1) is 5.10 Å². The van der Waals surface area contributed by atoms with Gasteiger partial charge in [0.2, 0.25) is 0 Å². The molecule has 0 bridgehead atoms. The van der Waals surface area contributed by atoms with E-state index < -0.39 is 0 Å². The minimum absolute atomic E-state index is 0.167. The van der Waals surface area contributed by atoms with Crippen molar-refractivity contribution >= 4 is 40.5 Å². The summed E-state index contributed by atoms with van der Waals surface area (Å²) >= 11 is 18.7. The summed E-state index contributed by atoms with van der Waals surface area (Å²) in [5.74, 6) is 0. The van der Waals surface area contributed by atoms with Crippen LogP contribution in [0, 0.1) is 0 Å². The predicted octanol–water partition coefficient (Wildman–Crippen LogP) is 4.80. The molecule has 1 fully saturated rings. The normalized spacial score (nSPS) is 17.8. The Balaban J connectivity index is 1.58. The van der Waals surface area contributed by atoms with Crippen molar-refractivity contribution in [3.63, 3.8) is 0 Å². The molecule has 1 atom stereocenters. The lowest BCUT2D eigenvalue weighted by Crippen LogP contribution is -2.49. The minimum Gasteiger partial charge on any atom is -0.361 e. The molecule has 1 saturated heterocycles. The largest absolute Gasteiger partial charge is 0.361 e. The van der Waals surface area contributed by atoms with Crippen LogP contribution in [0.25, 0.3) is 0 Å². The quantitative estimate of drug-likeness (QED) is 0.575. The third-order valence-electron chi connectivity index (χ3n) is 5.06. The topological polar surface area (TPSA) is 37.2 Å². The second kappa shape index (κ2) is 8.70. The fourth-order valence-corrected chi connectivity index (χ4v) is 4.25. The molecule has 1 aromatic heterocycles. The first-order valence-electron chi connectivity index (χ1n) is 9.14. The lowest BCUT2D eigenvalue weighted by molar-refractivity contribution is 0.212. The van der Waals surface area contributed by atoms with E-state index in [9.17, 15) is 0 Å². The number of hydrogen-bond donors (Lipinski definition) is 0. The molecule has 0 N–H and O–H groups in total. The third kappa shape index (κ3) is 4.44. The molecule has 8 heteroatoms. The van der Waals surface area contributed by atoms with Crippen molar-refractivity contribution in [2.75, 3.05) is 31.1 Å². The van der Waals surface area contributed by atoms with Crippen molar-refractivity contribution in [3.05, 3.63) is 75.5 Å². The first-order chi connectivity index (χ1) is 13.6. The Kier molecular flexibility index (Phi) is 6.07. The summed E-state index contributed by atoms with van der Waals surface area (Å²) in [5, 5.41) is 9.97. The molecule has 0 radical (unpaired) electrons. The van der Waals surface area contributed by atoms with E-state index in [4.69, 9.17) is 34.8 Å². The molecule has 1 aliphatic heterocycles. The summed E-state index contributed by atoms with van der Waals surface area (Å²) in [6, 6.07) is 13.9. The van der Waals surface area contributed by atoms with Crippen LogP contribution >= 0.6 is 34.8 Å². The molecule has 0 saturated carbocycles. The monoisotopic (exact) mass is 435 g/mol. The fourth-order valence-electron chi connectivity index (χ4n) is 3.61. The Morgan fingerprint density at radius 1 is 0.929 bits per heavy atom. The molecular weight excluding hydrogens is 417 g/mol. The van der Waals surface area contributed by atoms with Crippen LogP contribution in [-0.4, -0.2) is 46.1 Å². The lowest BCUT2D eigenvalue weighted by atomic mass is 10.0. The summed E-state index contributed by atoms with van der Waals surface area (Å²) in [7, 11) is 0. The summed E-state index contributed by atoms with van der Waals surface area (Å²) in [4.78, 5) is 4.80. The van der Waals surface area contributed by atoms with E-state index in [0.717, 1.165) is 43.4 Å². The molecule has 28 heavy (non-hydrogen) atoms. The standard InChI is InChI=1S/C20H20Cl3N5/c21-16-3-1-15(2-4-16)20-14-26(9-11-27-8-7-24-25-27)10-12-28(20)19-6-5-17(22)13-18(19)23/h1-8,13,20H,9-12,14H2. The lowest BCUT2D eigenvalue weighted by Gasteiger charge is -2.43. The van der Waals surface area contributed by atoms with E-state index in [1.54, 1.807) is 12.3 Å². The van der Waals surface area contributed by atoms with Gasteiger partial charge in [-0.05, 0) is 35.9 Å². The van der Waals surface area contributed by atoms with Crippen LogP contribution in [0.1, 0.15) is 11.6 Å². The first-order valence-corrected chi connectivity index (χ1v) is 10.3. The zero-order chi connectivity index (χ0) is 19.5. The number of benzene rings is 2. The highest BCUT2D eigenvalue weighted by Crippen LogP contribution is 2.36. The van der Waals surface area contributed by atoms with E-state index >= 15 is 0 Å². The van der Waals surface area contributed by atoms with Crippen molar-refractivity contribution in [2.24, 2.45) is 0 Å². The average Bonchev–Trinajstić information content (AvgIpc) is 3.21. The second-order valence-corrected chi connectivity index (χ2v) is 8.10. The summed E-state index contributed by atoms with van der Waals surface area (Å²) in [6.45, 7) is 4.42. The number of aromatic nitrogens is 3. The highest BCUT2D eigenvalue weighted by atomic mass is 35.5. The van der Waals surface area contributed by atoms with Crippen molar-refractivity contribution in [3.8, 4) is 0 Å². The molecule has 1 unspecified atom stereocenters. The van der Waals surface area contributed by atoms with E-state index in [2.05, 4.69) is 32.2 Å². The van der Waals surface area contributed by atoms with Gasteiger partial charge in [-0.25, -0.2) is 0 Å². The van der Waals surface area contributed by atoms with Crippen molar-refractivity contribution in [1.82, 2.24) is 19.9 Å². The van der Waals surface area contributed by atoms with Gasteiger partial charge in [-0.1, -0.05) is 52.1 Å². The van der Waals surface area contributed by atoms with Gasteiger partial charge in [0, 0.05) is 42.4 Å². The van der Waals surface area contributed by atoms with Crippen LogP contribution in [0.2, 0.25) is 15.1 Å². The molecule has 0 aliphatic carbocycles. The Bertz CT molecular complexity index is 914. The number of nitrogens with zero attached hydrogens (tertiary/aromatic N) is 5. The highest BCUT2D eigenvalue weighted by Gasteiger charge is 2.29. The number of piperazine rings is 1. The predicted molar refractivity (Wildman–Crippen MR) is 114 cm³/mol. The SMILES string of the molecule is Clc1ccc(C2CN(CCn3ccnn3)CCN2c2ccc(Cl)cc2Cl)cc1. The van der Waals surface area contributed by atoms with E-state index in [1.807, 2.05) is 35.1 Å². The smallest absolute Gasteiger partial charge is 0.0692 e. The van der Waals surface area contributed by atoms with Gasteiger partial charge < -0.3 is 4.90 Å².